The van der Waals surface area contributed by atoms with E-state index in [2.05, 4.69) is 47.4 Å². The first-order valence-electron chi connectivity index (χ1n) is 18.4. The molecule has 2 heterocycles. The van der Waals surface area contributed by atoms with E-state index in [1.165, 1.54) is 11.1 Å². The van der Waals surface area contributed by atoms with Gasteiger partial charge >= 0.3 is 0 Å². The van der Waals surface area contributed by atoms with Crippen LogP contribution in [0, 0.1) is 17.8 Å². The van der Waals surface area contributed by atoms with Gasteiger partial charge in [0.05, 0.1) is 42.1 Å². The molecule has 272 valence electrons. The van der Waals surface area contributed by atoms with Crippen molar-refractivity contribution in [3.63, 3.8) is 0 Å². The molecule has 7 atom stereocenters. The minimum Gasteiger partial charge on any atom is -0.491 e. The molecule has 5 rings (SSSR count). The van der Waals surface area contributed by atoms with Crippen LogP contribution in [0.5, 0.6) is 5.75 Å². The van der Waals surface area contributed by atoms with Crippen molar-refractivity contribution in [1.29, 1.82) is 0 Å². The Bertz CT molecular complexity index is 1410. The third-order valence-electron chi connectivity index (χ3n) is 11.6. The van der Waals surface area contributed by atoms with Gasteiger partial charge in [0.15, 0.2) is 0 Å². The number of methoxy groups -OCH3 is 1. The predicted octanol–water partition coefficient (Wildman–Crippen LogP) is 6.91. The van der Waals surface area contributed by atoms with Gasteiger partial charge in [0, 0.05) is 61.6 Å². The smallest absolute Gasteiger partial charge is 0.150 e. The van der Waals surface area contributed by atoms with Gasteiger partial charge in [-0.25, -0.2) is 8.93 Å². The van der Waals surface area contributed by atoms with Gasteiger partial charge in [-0.05, 0) is 105 Å². The van der Waals surface area contributed by atoms with E-state index in [1.807, 2.05) is 31.4 Å². The fourth-order valence-electron chi connectivity index (χ4n) is 8.36. The zero-order valence-corrected chi connectivity index (χ0v) is 31.8. The van der Waals surface area contributed by atoms with Gasteiger partial charge in [-0.1, -0.05) is 44.4 Å². The Kier molecular flexibility index (Phi) is 14.0. The van der Waals surface area contributed by atoms with E-state index < -0.39 is 11.0 Å². The van der Waals surface area contributed by atoms with Crippen LogP contribution in [-0.2, 0) is 26.9 Å². The van der Waals surface area contributed by atoms with Crippen molar-refractivity contribution in [3.05, 3.63) is 58.1 Å². The second-order valence-corrected chi connectivity index (χ2v) is 16.7. The lowest BCUT2D eigenvalue weighted by atomic mass is 9.62. The second-order valence-electron chi connectivity index (χ2n) is 14.5. The summed E-state index contributed by atoms with van der Waals surface area (Å²) in [7, 11) is 2.65. The SMILES string of the molecule is CCCc1cc(Cl)ccc1C1COc2ccc(C=O)cc2N(CC2CCC2[C@@](CCCC(C)C(C)S(=O)NC)(CN2CCOCC2)OC)C1. The van der Waals surface area contributed by atoms with Crippen LogP contribution in [0.1, 0.15) is 86.7 Å². The third kappa shape index (κ3) is 9.27. The van der Waals surface area contributed by atoms with E-state index in [1.54, 1.807) is 7.05 Å². The van der Waals surface area contributed by atoms with Crippen LogP contribution in [0.4, 0.5) is 5.69 Å². The fourth-order valence-corrected chi connectivity index (χ4v) is 9.48. The average molecular weight is 716 g/mol. The number of carbonyl (C=O) groups excluding carboxylic acids is 1. The molecule has 8 nitrogen and oxygen atoms in total. The number of morpholine rings is 1. The van der Waals surface area contributed by atoms with Crippen LogP contribution in [0.15, 0.2) is 36.4 Å². The molecule has 0 amide bonds. The molecule has 1 N–H and O–H groups in total. The molecule has 1 saturated carbocycles. The lowest BCUT2D eigenvalue weighted by Crippen LogP contribution is -2.58. The van der Waals surface area contributed by atoms with E-state index in [-0.39, 0.29) is 16.8 Å². The molecular formula is C39H58ClN3O5S. The molecule has 0 spiro atoms. The fraction of sp³-hybridized carbons (Fsp3) is 0.667. The number of benzene rings is 2. The summed E-state index contributed by atoms with van der Waals surface area (Å²) >= 11 is 6.47. The van der Waals surface area contributed by atoms with Gasteiger partial charge in [-0.2, -0.15) is 0 Å². The number of halogens is 1. The highest BCUT2D eigenvalue weighted by Gasteiger charge is 2.49. The van der Waals surface area contributed by atoms with Crippen molar-refractivity contribution in [1.82, 2.24) is 9.62 Å². The Balaban J connectivity index is 1.41. The number of aryl methyl sites for hydroxylation is 1. The highest BCUT2D eigenvalue weighted by atomic mass is 35.5. The number of rotatable bonds is 17. The Morgan fingerprint density at radius 2 is 1.96 bits per heavy atom. The molecule has 1 aliphatic carbocycles. The van der Waals surface area contributed by atoms with Crippen molar-refractivity contribution in [3.8, 4) is 5.75 Å². The minimum atomic E-state index is -1.03. The molecule has 1 saturated heterocycles. The maximum absolute atomic E-state index is 12.5. The Hall–Kier alpha value is -2.01. The third-order valence-corrected chi connectivity index (χ3v) is 13.3. The molecule has 6 unspecified atom stereocenters. The average Bonchev–Trinajstić information content (AvgIpc) is 3.28. The van der Waals surface area contributed by atoms with Gasteiger partial charge in [0.2, 0.25) is 0 Å². The van der Waals surface area contributed by atoms with Crippen molar-refractivity contribution in [2.24, 2.45) is 17.8 Å². The van der Waals surface area contributed by atoms with E-state index in [0.717, 1.165) is 114 Å². The number of nitrogens with zero attached hydrogens (tertiary/aromatic N) is 2. The molecule has 2 aromatic rings. The molecule has 2 aliphatic heterocycles. The first kappa shape index (κ1) is 38.2. The maximum Gasteiger partial charge on any atom is 0.150 e. The zero-order chi connectivity index (χ0) is 35.0. The molecule has 49 heavy (non-hydrogen) atoms. The summed E-state index contributed by atoms with van der Waals surface area (Å²) in [4.78, 5) is 17.0. The van der Waals surface area contributed by atoms with Crippen LogP contribution >= 0.6 is 11.6 Å². The normalized spacial score (nSPS) is 24.4. The van der Waals surface area contributed by atoms with Crippen LogP contribution in [-0.4, -0.2) is 92.9 Å². The number of fused-ring (bicyclic) bond motifs is 1. The summed E-state index contributed by atoms with van der Waals surface area (Å²) in [6, 6.07) is 12.1. The summed E-state index contributed by atoms with van der Waals surface area (Å²) in [5.74, 6) is 2.17. The first-order chi connectivity index (χ1) is 23.7. The number of aldehydes is 1. The highest BCUT2D eigenvalue weighted by molar-refractivity contribution is 7.83. The molecule has 0 bridgehead atoms. The number of carbonyl (C=O) groups is 1. The van der Waals surface area contributed by atoms with E-state index >= 15 is 0 Å². The summed E-state index contributed by atoms with van der Waals surface area (Å²) in [6.45, 7) is 13.0. The Morgan fingerprint density at radius 1 is 1.16 bits per heavy atom. The molecule has 2 aromatic carbocycles. The van der Waals surface area contributed by atoms with Crippen LogP contribution in [0.3, 0.4) is 0 Å². The van der Waals surface area contributed by atoms with Gasteiger partial charge in [0.25, 0.3) is 0 Å². The second kappa shape index (κ2) is 18.0. The van der Waals surface area contributed by atoms with E-state index in [9.17, 15) is 9.00 Å². The number of hydrogen-bond donors (Lipinski definition) is 1. The Morgan fingerprint density at radius 3 is 2.63 bits per heavy atom. The summed E-state index contributed by atoms with van der Waals surface area (Å²) in [5.41, 5.74) is 3.96. The van der Waals surface area contributed by atoms with Crippen molar-refractivity contribution in [2.45, 2.75) is 82.5 Å². The first-order valence-corrected chi connectivity index (χ1v) is 20.0. The summed E-state index contributed by atoms with van der Waals surface area (Å²) in [6.07, 6.45) is 8.21. The lowest BCUT2D eigenvalue weighted by Gasteiger charge is -2.53. The summed E-state index contributed by atoms with van der Waals surface area (Å²) < 4.78 is 34.3. The monoisotopic (exact) mass is 715 g/mol. The summed E-state index contributed by atoms with van der Waals surface area (Å²) in [5, 5.41) is 0.857. The standard InChI is InChI=1S/C39H58ClN3O5S/c1-6-8-31-22-34(40)12-13-35(31)33-24-43(37-21-30(25-44)10-15-38(37)48-26-33)23-32-11-14-36(32)39(46-5,27-42-17-19-47-20-18-42)16-7-9-28(2)29(3)49(45)41-4/h10,12-13,15,21-22,25,28-29,32-33,36,41H,6-9,11,14,16-20,23-24,26-27H2,1-5H3/t28?,29?,32?,33?,36?,39-,49?/m1/s1. The van der Waals surface area contributed by atoms with Crippen LogP contribution in [0.2, 0.25) is 5.02 Å². The molecule has 10 heteroatoms. The van der Waals surface area contributed by atoms with Gasteiger partial charge in [-0.15, -0.1) is 0 Å². The Labute approximate surface area is 302 Å². The zero-order valence-electron chi connectivity index (χ0n) is 30.3. The van der Waals surface area contributed by atoms with Crippen molar-refractivity contribution in [2.75, 3.05) is 71.6 Å². The number of ether oxygens (including phenoxy) is 3. The molecule has 3 aliphatic rings. The van der Waals surface area contributed by atoms with E-state index in [4.69, 9.17) is 25.8 Å². The van der Waals surface area contributed by atoms with Crippen LogP contribution < -0.4 is 14.4 Å². The van der Waals surface area contributed by atoms with Crippen molar-refractivity contribution < 1.29 is 23.2 Å². The topological polar surface area (TPSA) is 80.3 Å². The van der Waals surface area contributed by atoms with E-state index in [0.29, 0.717) is 29.9 Å². The van der Waals surface area contributed by atoms with Gasteiger partial charge in [-0.3, -0.25) is 9.69 Å². The van der Waals surface area contributed by atoms with Crippen LogP contribution in [0.25, 0.3) is 0 Å². The quantitative estimate of drug-likeness (QED) is 0.178. The predicted molar refractivity (Wildman–Crippen MR) is 201 cm³/mol. The highest BCUT2D eigenvalue weighted by Crippen LogP contribution is 2.48. The largest absolute Gasteiger partial charge is 0.491 e. The molecule has 2 fully saturated rings. The van der Waals surface area contributed by atoms with Gasteiger partial charge in [0.1, 0.15) is 12.0 Å². The molecule has 0 radical (unpaired) electrons. The number of hydrogen-bond acceptors (Lipinski definition) is 7. The maximum atomic E-state index is 12.5. The van der Waals surface area contributed by atoms with Crippen molar-refractivity contribution >= 4 is 34.6 Å². The van der Waals surface area contributed by atoms with Gasteiger partial charge < -0.3 is 19.1 Å². The minimum absolute atomic E-state index is 0.0886. The lowest BCUT2D eigenvalue weighted by molar-refractivity contribution is -0.137. The molecular weight excluding hydrogens is 658 g/mol. The molecule has 0 aromatic heterocycles. The number of anilines is 1. The number of nitrogens with one attached hydrogen (secondary N) is 1.